The lowest BCUT2D eigenvalue weighted by Gasteiger charge is -2.23. The molecule has 0 aromatic carbocycles. The molecule has 0 amide bonds. The summed E-state index contributed by atoms with van der Waals surface area (Å²) >= 11 is 1.53. The van der Waals surface area contributed by atoms with E-state index in [0.29, 0.717) is 5.69 Å². The summed E-state index contributed by atoms with van der Waals surface area (Å²) in [6.07, 6.45) is 6.06. The predicted molar refractivity (Wildman–Crippen MR) is 86.2 cm³/mol. The minimum absolute atomic E-state index is 0.161. The number of anilines is 1. The van der Waals surface area contributed by atoms with E-state index in [-0.39, 0.29) is 11.4 Å². The van der Waals surface area contributed by atoms with Gasteiger partial charge in [-0.2, -0.15) is 11.3 Å². The lowest BCUT2D eigenvalue weighted by Crippen LogP contribution is -2.30. The first-order chi connectivity index (χ1) is 10.7. The van der Waals surface area contributed by atoms with Crippen molar-refractivity contribution in [1.82, 2.24) is 9.97 Å². The average molecular weight is 331 g/mol. The highest BCUT2D eigenvalue weighted by Gasteiger charge is 2.25. The number of thiophene rings is 1. The van der Waals surface area contributed by atoms with Crippen molar-refractivity contribution in [2.75, 3.05) is 4.31 Å². The van der Waals surface area contributed by atoms with Crippen LogP contribution in [-0.2, 0) is 16.6 Å². The highest BCUT2D eigenvalue weighted by Crippen LogP contribution is 2.25. The second-order valence-corrected chi connectivity index (χ2v) is 7.19. The molecule has 0 unspecified atom stereocenters. The molecule has 0 atom stereocenters. The monoisotopic (exact) mass is 331 g/mol. The molecule has 7 heteroatoms. The van der Waals surface area contributed by atoms with Gasteiger partial charge in [-0.25, -0.2) is 8.42 Å². The summed E-state index contributed by atoms with van der Waals surface area (Å²) in [5.41, 5.74) is 1.46. The largest absolute Gasteiger partial charge is 0.266 e. The van der Waals surface area contributed by atoms with Crippen LogP contribution in [0.3, 0.4) is 0 Å². The number of sulfonamides is 1. The lowest BCUT2D eigenvalue weighted by molar-refractivity contribution is 0.590. The van der Waals surface area contributed by atoms with Crippen LogP contribution < -0.4 is 4.31 Å². The van der Waals surface area contributed by atoms with Crippen LogP contribution >= 0.6 is 11.3 Å². The molecule has 5 nitrogen and oxygen atoms in total. The van der Waals surface area contributed by atoms with Gasteiger partial charge in [0.05, 0.1) is 18.4 Å². The fourth-order valence-electron chi connectivity index (χ4n) is 1.99. The highest BCUT2D eigenvalue weighted by atomic mass is 32.2. The fraction of sp³-hybridized carbons (Fsp3) is 0.0667. The van der Waals surface area contributed by atoms with E-state index < -0.39 is 10.0 Å². The molecule has 3 rings (SSSR count). The Hall–Kier alpha value is -2.25. The van der Waals surface area contributed by atoms with Crippen molar-refractivity contribution in [2.24, 2.45) is 0 Å². The summed E-state index contributed by atoms with van der Waals surface area (Å²) in [5, 5.41) is 3.86. The van der Waals surface area contributed by atoms with Gasteiger partial charge in [0.25, 0.3) is 10.0 Å². The third kappa shape index (κ3) is 3.00. The van der Waals surface area contributed by atoms with Crippen molar-refractivity contribution in [1.29, 1.82) is 0 Å². The van der Waals surface area contributed by atoms with E-state index in [1.165, 1.54) is 21.8 Å². The summed E-state index contributed by atoms with van der Waals surface area (Å²) in [6, 6.07) is 8.51. The highest BCUT2D eigenvalue weighted by molar-refractivity contribution is 7.92. The predicted octanol–water partition coefficient (Wildman–Crippen LogP) is 2.93. The van der Waals surface area contributed by atoms with Gasteiger partial charge in [-0.05, 0) is 46.7 Å². The maximum atomic E-state index is 12.9. The Morgan fingerprint density at radius 2 is 1.82 bits per heavy atom. The number of pyridine rings is 2. The molecule has 22 heavy (non-hydrogen) atoms. The van der Waals surface area contributed by atoms with Gasteiger partial charge < -0.3 is 0 Å². The Balaban J connectivity index is 2.05. The van der Waals surface area contributed by atoms with Crippen LogP contribution in [0.1, 0.15) is 5.56 Å². The van der Waals surface area contributed by atoms with Gasteiger partial charge in [-0.1, -0.05) is 0 Å². The zero-order valence-electron chi connectivity index (χ0n) is 11.5. The van der Waals surface area contributed by atoms with Crippen molar-refractivity contribution in [3.63, 3.8) is 0 Å². The van der Waals surface area contributed by atoms with Crippen LogP contribution in [0.25, 0.3) is 0 Å². The number of nitrogens with zero attached hydrogens (tertiary/aromatic N) is 3. The molecular formula is C15H13N3O2S2. The van der Waals surface area contributed by atoms with Crippen molar-refractivity contribution < 1.29 is 8.42 Å². The van der Waals surface area contributed by atoms with Gasteiger partial charge in [0.2, 0.25) is 0 Å². The topological polar surface area (TPSA) is 63.2 Å². The van der Waals surface area contributed by atoms with Crippen LogP contribution in [0, 0.1) is 0 Å². The zero-order chi connectivity index (χ0) is 15.4. The normalized spacial score (nSPS) is 11.3. The van der Waals surface area contributed by atoms with Gasteiger partial charge in [-0.15, -0.1) is 0 Å². The number of aromatic nitrogens is 2. The molecule has 0 fully saturated rings. The smallest absolute Gasteiger partial charge is 0.263 e. The van der Waals surface area contributed by atoms with E-state index >= 15 is 0 Å². The fourth-order valence-corrected chi connectivity index (χ4v) is 4.06. The summed E-state index contributed by atoms with van der Waals surface area (Å²) in [5.74, 6) is 0. The maximum absolute atomic E-state index is 12.9. The van der Waals surface area contributed by atoms with E-state index in [2.05, 4.69) is 9.97 Å². The van der Waals surface area contributed by atoms with Crippen molar-refractivity contribution >= 4 is 27.0 Å². The van der Waals surface area contributed by atoms with Crippen LogP contribution in [-0.4, -0.2) is 18.4 Å². The first-order valence-corrected chi connectivity index (χ1v) is 8.90. The Labute approximate surface area is 133 Å². The molecular weight excluding hydrogens is 318 g/mol. The van der Waals surface area contributed by atoms with E-state index in [1.54, 1.807) is 42.9 Å². The van der Waals surface area contributed by atoms with Gasteiger partial charge in [0.1, 0.15) is 4.90 Å². The summed E-state index contributed by atoms with van der Waals surface area (Å²) in [7, 11) is -3.69. The Morgan fingerprint density at radius 1 is 1.05 bits per heavy atom. The number of rotatable bonds is 5. The second kappa shape index (κ2) is 6.25. The molecule has 0 bridgehead atoms. The van der Waals surface area contributed by atoms with Crippen LogP contribution in [0.4, 0.5) is 5.69 Å². The molecule has 3 heterocycles. The van der Waals surface area contributed by atoms with Gasteiger partial charge in [0, 0.05) is 18.6 Å². The molecule has 3 aromatic heterocycles. The van der Waals surface area contributed by atoms with E-state index in [9.17, 15) is 8.42 Å². The summed E-state index contributed by atoms with van der Waals surface area (Å²) in [4.78, 5) is 8.09. The molecule has 0 aliphatic carbocycles. The minimum atomic E-state index is -3.69. The first-order valence-electron chi connectivity index (χ1n) is 6.52. The molecule has 0 radical (unpaired) electrons. The molecule has 0 aliphatic rings. The quantitative estimate of drug-likeness (QED) is 0.721. The van der Waals surface area contributed by atoms with E-state index in [0.717, 1.165) is 5.56 Å². The third-order valence-electron chi connectivity index (χ3n) is 3.06. The Morgan fingerprint density at radius 3 is 2.41 bits per heavy atom. The zero-order valence-corrected chi connectivity index (χ0v) is 13.2. The maximum Gasteiger partial charge on any atom is 0.266 e. The third-order valence-corrected chi connectivity index (χ3v) is 5.55. The van der Waals surface area contributed by atoms with Gasteiger partial charge in [-0.3, -0.25) is 14.3 Å². The molecule has 0 saturated heterocycles. The standard InChI is InChI=1S/C15H13N3O2S2/c19-22(20,15-4-2-7-17-10-15)18(11-13-5-8-21-12-13)14-3-1-6-16-9-14/h1-10,12H,11H2. The molecule has 112 valence electrons. The van der Waals surface area contributed by atoms with E-state index in [4.69, 9.17) is 0 Å². The first kappa shape index (κ1) is 14.7. The van der Waals surface area contributed by atoms with Crippen molar-refractivity contribution in [3.05, 3.63) is 71.4 Å². The van der Waals surface area contributed by atoms with Gasteiger partial charge >= 0.3 is 0 Å². The van der Waals surface area contributed by atoms with Crippen LogP contribution in [0.15, 0.2) is 70.8 Å². The molecule has 0 spiro atoms. The lowest BCUT2D eigenvalue weighted by atomic mass is 10.3. The van der Waals surface area contributed by atoms with Crippen LogP contribution in [0.5, 0.6) is 0 Å². The van der Waals surface area contributed by atoms with E-state index in [1.807, 2.05) is 16.8 Å². The van der Waals surface area contributed by atoms with Crippen molar-refractivity contribution in [3.8, 4) is 0 Å². The Bertz CT molecular complexity index is 820. The van der Waals surface area contributed by atoms with Crippen molar-refractivity contribution in [2.45, 2.75) is 11.4 Å². The Kier molecular flexibility index (Phi) is 4.17. The SMILES string of the molecule is O=S(=O)(c1cccnc1)N(Cc1ccsc1)c1cccnc1. The minimum Gasteiger partial charge on any atom is -0.263 e. The molecule has 0 aliphatic heterocycles. The van der Waals surface area contributed by atoms with Gasteiger partial charge in [0.15, 0.2) is 0 Å². The average Bonchev–Trinajstić information content (AvgIpc) is 3.07. The number of hydrogen-bond acceptors (Lipinski definition) is 5. The van der Waals surface area contributed by atoms with Crippen LogP contribution in [0.2, 0.25) is 0 Å². The second-order valence-electron chi connectivity index (χ2n) is 4.54. The summed E-state index contributed by atoms with van der Waals surface area (Å²) in [6.45, 7) is 0.256. The molecule has 3 aromatic rings. The summed E-state index contributed by atoms with van der Waals surface area (Å²) < 4.78 is 27.2. The molecule has 0 N–H and O–H groups in total. The number of hydrogen-bond donors (Lipinski definition) is 0. The molecule has 0 saturated carbocycles.